The number of pyridine rings is 1. The second-order valence-corrected chi connectivity index (χ2v) is 9.78. The van der Waals surface area contributed by atoms with Gasteiger partial charge in [-0.15, -0.1) is 0 Å². The van der Waals surface area contributed by atoms with Crippen LogP contribution in [0, 0.1) is 0 Å². The van der Waals surface area contributed by atoms with Gasteiger partial charge in [0.05, 0.1) is 6.10 Å². The fourth-order valence-corrected chi connectivity index (χ4v) is 3.63. The molecule has 0 fully saturated rings. The Morgan fingerprint density at radius 2 is 1.83 bits per heavy atom. The molecule has 1 heterocycles. The molecule has 2 rings (SSSR count). The average molecular weight is 423 g/mol. The number of sulfone groups is 1. The first-order chi connectivity index (χ1) is 13.5. The summed E-state index contributed by atoms with van der Waals surface area (Å²) < 4.78 is 29.1. The molecule has 158 valence electrons. The first kappa shape index (κ1) is 22.6. The molecule has 1 atom stereocenters. The third-order valence-corrected chi connectivity index (χ3v) is 6.81. The molecule has 0 aliphatic rings. The molecule has 1 aromatic carbocycles. The molecule has 2 N–H and O–H groups in total. The number of carbonyl (C=O) groups excluding carboxylic acids is 1. The van der Waals surface area contributed by atoms with Crippen molar-refractivity contribution in [2.24, 2.45) is 0 Å². The van der Waals surface area contributed by atoms with E-state index < -0.39 is 20.5 Å². The maximum absolute atomic E-state index is 12.5. The minimum Gasteiger partial charge on any atom is -0.491 e. The molecule has 0 spiro atoms. The number of aryl methyl sites for hydroxylation is 1. The molecule has 2 aromatic rings. The number of aromatic nitrogens is 1. The van der Waals surface area contributed by atoms with E-state index in [1.165, 1.54) is 23.0 Å². The first-order valence-corrected chi connectivity index (χ1v) is 11.0. The SMILES string of the molecule is CC(C)Oc1ccc(-c2ccn(CC[C@](C)(C(=O)NO)S(C)(=O)=O)c(=O)c2)cc1. The Kier molecular flexibility index (Phi) is 6.86. The lowest BCUT2D eigenvalue weighted by Crippen LogP contribution is -2.49. The van der Waals surface area contributed by atoms with Crippen LogP contribution < -0.4 is 15.8 Å². The van der Waals surface area contributed by atoms with Gasteiger partial charge in [-0.1, -0.05) is 12.1 Å². The predicted molar refractivity (Wildman–Crippen MR) is 110 cm³/mol. The van der Waals surface area contributed by atoms with E-state index in [0.717, 1.165) is 17.6 Å². The van der Waals surface area contributed by atoms with Crippen molar-refractivity contribution in [3.05, 3.63) is 52.9 Å². The molecule has 1 amide bonds. The number of hydrogen-bond acceptors (Lipinski definition) is 6. The second kappa shape index (κ2) is 8.79. The van der Waals surface area contributed by atoms with Gasteiger partial charge in [0.25, 0.3) is 11.5 Å². The summed E-state index contributed by atoms with van der Waals surface area (Å²) >= 11 is 0. The van der Waals surface area contributed by atoms with Gasteiger partial charge in [-0.3, -0.25) is 14.8 Å². The van der Waals surface area contributed by atoms with Crippen LogP contribution in [0.4, 0.5) is 0 Å². The van der Waals surface area contributed by atoms with Crippen LogP contribution in [-0.2, 0) is 21.2 Å². The zero-order valence-corrected chi connectivity index (χ0v) is 17.7. The van der Waals surface area contributed by atoms with Crippen molar-refractivity contribution < 1.29 is 23.2 Å². The van der Waals surface area contributed by atoms with Crippen LogP contribution in [0.5, 0.6) is 5.75 Å². The zero-order valence-electron chi connectivity index (χ0n) is 16.9. The summed E-state index contributed by atoms with van der Waals surface area (Å²) in [6.45, 7) is 5.09. The summed E-state index contributed by atoms with van der Waals surface area (Å²) in [4.78, 5) is 24.4. The summed E-state index contributed by atoms with van der Waals surface area (Å²) in [6.07, 6.45) is 2.37. The highest BCUT2D eigenvalue weighted by Gasteiger charge is 2.43. The molecule has 0 unspecified atom stereocenters. The molecule has 0 bridgehead atoms. The summed E-state index contributed by atoms with van der Waals surface area (Å²) in [7, 11) is -3.82. The number of ether oxygens (including phenoxy) is 1. The predicted octanol–water partition coefficient (Wildman–Crippen LogP) is 2.00. The van der Waals surface area contributed by atoms with E-state index in [1.807, 2.05) is 38.1 Å². The van der Waals surface area contributed by atoms with E-state index in [0.29, 0.717) is 5.56 Å². The number of nitrogens with one attached hydrogen (secondary N) is 1. The van der Waals surface area contributed by atoms with Crippen molar-refractivity contribution in [1.82, 2.24) is 10.0 Å². The minimum atomic E-state index is -3.82. The van der Waals surface area contributed by atoms with Gasteiger partial charge in [0.2, 0.25) is 0 Å². The van der Waals surface area contributed by atoms with Crippen molar-refractivity contribution >= 4 is 15.7 Å². The van der Waals surface area contributed by atoms with Gasteiger partial charge < -0.3 is 9.30 Å². The van der Waals surface area contributed by atoms with Crippen LogP contribution in [0.25, 0.3) is 11.1 Å². The average Bonchev–Trinajstić information content (AvgIpc) is 2.65. The summed E-state index contributed by atoms with van der Waals surface area (Å²) in [5.74, 6) is -0.298. The van der Waals surface area contributed by atoms with Gasteiger partial charge in [-0.25, -0.2) is 13.9 Å². The number of benzene rings is 1. The Bertz CT molecular complexity index is 1030. The van der Waals surface area contributed by atoms with E-state index in [4.69, 9.17) is 9.94 Å². The Morgan fingerprint density at radius 3 is 2.31 bits per heavy atom. The van der Waals surface area contributed by atoms with Crippen LogP contribution in [-0.4, -0.2) is 41.2 Å². The van der Waals surface area contributed by atoms with Crippen LogP contribution in [0.3, 0.4) is 0 Å². The maximum Gasteiger partial charge on any atom is 0.264 e. The Balaban J connectivity index is 2.21. The molecule has 0 saturated heterocycles. The van der Waals surface area contributed by atoms with Crippen LogP contribution in [0.1, 0.15) is 27.2 Å². The molecule has 0 aliphatic heterocycles. The lowest BCUT2D eigenvalue weighted by atomic mass is 10.1. The highest BCUT2D eigenvalue weighted by atomic mass is 32.2. The van der Waals surface area contributed by atoms with E-state index in [2.05, 4.69) is 0 Å². The molecule has 0 aliphatic carbocycles. The van der Waals surface area contributed by atoms with Crippen molar-refractivity contribution in [3.8, 4) is 16.9 Å². The molecule has 1 aromatic heterocycles. The Morgan fingerprint density at radius 1 is 1.21 bits per heavy atom. The van der Waals surface area contributed by atoms with Gasteiger partial charge in [0.15, 0.2) is 14.6 Å². The van der Waals surface area contributed by atoms with Gasteiger partial charge in [-0.05, 0) is 56.5 Å². The fraction of sp³-hybridized carbons (Fsp3) is 0.400. The van der Waals surface area contributed by atoms with Gasteiger partial charge >= 0.3 is 0 Å². The highest BCUT2D eigenvalue weighted by molar-refractivity contribution is 7.92. The molecule has 0 saturated carbocycles. The van der Waals surface area contributed by atoms with Crippen molar-refractivity contribution in [2.75, 3.05) is 6.26 Å². The third kappa shape index (κ3) is 5.24. The molecule has 9 heteroatoms. The van der Waals surface area contributed by atoms with Crippen LogP contribution >= 0.6 is 0 Å². The normalized spacial score (nSPS) is 13.7. The zero-order chi connectivity index (χ0) is 21.8. The summed E-state index contributed by atoms with van der Waals surface area (Å²) in [5.41, 5.74) is 2.61. The Hall–Kier alpha value is -2.65. The van der Waals surface area contributed by atoms with Crippen molar-refractivity contribution in [2.45, 2.75) is 44.6 Å². The fourth-order valence-electron chi connectivity index (χ4n) is 2.79. The maximum atomic E-state index is 12.5. The van der Waals surface area contributed by atoms with Gasteiger partial charge in [-0.2, -0.15) is 0 Å². The summed E-state index contributed by atoms with van der Waals surface area (Å²) in [5, 5.41) is 8.87. The lowest BCUT2D eigenvalue weighted by molar-refractivity contribution is -0.131. The van der Waals surface area contributed by atoms with Crippen LogP contribution in [0.2, 0.25) is 0 Å². The van der Waals surface area contributed by atoms with E-state index >= 15 is 0 Å². The van der Waals surface area contributed by atoms with Gasteiger partial charge in [0.1, 0.15) is 5.75 Å². The molecule has 29 heavy (non-hydrogen) atoms. The lowest BCUT2D eigenvalue weighted by Gasteiger charge is -2.25. The van der Waals surface area contributed by atoms with Crippen molar-refractivity contribution in [1.29, 1.82) is 0 Å². The van der Waals surface area contributed by atoms with Crippen LogP contribution in [0.15, 0.2) is 47.4 Å². The van der Waals surface area contributed by atoms with Crippen molar-refractivity contribution in [3.63, 3.8) is 0 Å². The summed E-state index contributed by atoms with van der Waals surface area (Å²) in [6, 6.07) is 10.5. The molecule has 8 nitrogen and oxygen atoms in total. The van der Waals surface area contributed by atoms with E-state index in [9.17, 15) is 18.0 Å². The van der Waals surface area contributed by atoms with E-state index in [1.54, 1.807) is 12.3 Å². The molecular formula is C20H26N2O6S. The van der Waals surface area contributed by atoms with E-state index in [-0.39, 0.29) is 24.6 Å². The second-order valence-electron chi connectivity index (χ2n) is 7.33. The first-order valence-electron chi connectivity index (χ1n) is 9.09. The minimum absolute atomic E-state index is 0.00271. The third-order valence-electron chi connectivity index (χ3n) is 4.79. The monoisotopic (exact) mass is 422 g/mol. The Labute approximate surface area is 170 Å². The number of amides is 1. The largest absolute Gasteiger partial charge is 0.491 e. The number of rotatable bonds is 8. The number of hydroxylamine groups is 1. The quantitative estimate of drug-likeness (QED) is 0.497. The molecular weight excluding hydrogens is 396 g/mol. The topological polar surface area (TPSA) is 115 Å². The number of carbonyl (C=O) groups is 1. The number of nitrogens with zero attached hydrogens (tertiary/aromatic N) is 1. The molecule has 0 radical (unpaired) electrons. The number of hydrogen-bond donors (Lipinski definition) is 2. The smallest absolute Gasteiger partial charge is 0.264 e. The standard InChI is InChI=1S/C20H26N2O6S/c1-14(2)28-17-7-5-15(6-8-17)16-9-11-22(18(23)13-16)12-10-20(3,19(24)21-25)29(4,26)27/h5-9,11,13-14,25H,10,12H2,1-4H3,(H,21,24)/t20-/m1/s1. The van der Waals surface area contributed by atoms with Gasteiger partial charge in [0, 0.05) is 25.1 Å². The highest BCUT2D eigenvalue weighted by Crippen LogP contribution is 2.24.